The number of nitrogens with zero attached hydrogens (tertiary/aromatic N) is 2. The second-order valence-electron chi connectivity index (χ2n) is 5.30. The molecule has 1 saturated carbocycles. The summed E-state index contributed by atoms with van der Waals surface area (Å²) in [6.45, 7) is 4.29. The van der Waals surface area contributed by atoms with Gasteiger partial charge in [-0.25, -0.2) is 0 Å². The van der Waals surface area contributed by atoms with Gasteiger partial charge in [0.1, 0.15) is 5.76 Å². The fourth-order valence-corrected chi connectivity index (χ4v) is 2.42. The number of rotatable bonds is 2. The van der Waals surface area contributed by atoms with Crippen molar-refractivity contribution in [2.75, 3.05) is 26.2 Å². The number of amides is 2. The lowest BCUT2D eigenvalue weighted by Crippen LogP contribution is -2.51. The van der Waals surface area contributed by atoms with Gasteiger partial charge in [-0.3, -0.25) is 9.59 Å². The first-order valence-electron chi connectivity index (χ1n) is 6.79. The minimum atomic E-state index is -0.0772. The maximum absolute atomic E-state index is 12.2. The number of hydrogen-bond acceptors (Lipinski definition) is 3. The fourth-order valence-electron chi connectivity index (χ4n) is 2.42. The lowest BCUT2D eigenvalue weighted by atomic mass is 10.2. The van der Waals surface area contributed by atoms with Crippen LogP contribution in [0.5, 0.6) is 0 Å². The largest absolute Gasteiger partial charge is 0.456 e. The number of aryl methyl sites for hydroxylation is 1. The molecule has 0 radical (unpaired) electrons. The minimum absolute atomic E-state index is 0.0772. The van der Waals surface area contributed by atoms with Gasteiger partial charge in [0.05, 0.1) is 0 Å². The molecule has 2 aliphatic rings. The fraction of sp³-hybridized carbons (Fsp3) is 0.571. The highest BCUT2D eigenvalue weighted by molar-refractivity contribution is 5.91. The highest BCUT2D eigenvalue weighted by Gasteiger charge is 2.35. The van der Waals surface area contributed by atoms with E-state index in [0.29, 0.717) is 31.9 Å². The van der Waals surface area contributed by atoms with Gasteiger partial charge in [-0.15, -0.1) is 0 Å². The molecule has 1 aromatic rings. The van der Waals surface area contributed by atoms with Crippen molar-refractivity contribution in [2.24, 2.45) is 5.92 Å². The van der Waals surface area contributed by atoms with Crippen LogP contribution in [0, 0.1) is 12.8 Å². The molecule has 5 nitrogen and oxygen atoms in total. The molecule has 0 spiro atoms. The molecule has 0 atom stereocenters. The molecule has 2 amide bonds. The average Bonchev–Trinajstić information content (AvgIpc) is 3.19. The van der Waals surface area contributed by atoms with E-state index in [1.165, 1.54) is 0 Å². The molecule has 102 valence electrons. The zero-order valence-corrected chi connectivity index (χ0v) is 11.1. The van der Waals surface area contributed by atoms with Gasteiger partial charge < -0.3 is 14.2 Å². The number of furan rings is 1. The Hall–Kier alpha value is -1.78. The molecule has 3 rings (SSSR count). The SMILES string of the molecule is Cc1ccc(C(=O)N2CCN(C(=O)C3CC3)CC2)o1. The summed E-state index contributed by atoms with van der Waals surface area (Å²) in [4.78, 5) is 27.7. The van der Waals surface area contributed by atoms with Gasteiger partial charge in [-0.05, 0) is 31.9 Å². The van der Waals surface area contributed by atoms with Crippen molar-refractivity contribution in [3.63, 3.8) is 0 Å². The maximum Gasteiger partial charge on any atom is 0.289 e. The molecule has 0 unspecified atom stereocenters. The van der Waals surface area contributed by atoms with Crippen molar-refractivity contribution < 1.29 is 14.0 Å². The van der Waals surface area contributed by atoms with Crippen LogP contribution in [0.3, 0.4) is 0 Å². The third-order valence-electron chi connectivity index (χ3n) is 3.76. The second-order valence-corrected chi connectivity index (χ2v) is 5.30. The van der Waals surface area contributed by atoms with Gasteiger partial charge in [0.15, 0.2) is 5.76 Å². The summed E-state index contributed by atoms with van der Waals surface area (Å²) in [6, 6.07) is 3.50. The zero-order valence-electron chi connectivity index (χ0n) is 11.1. The first kappa shape index (κ1) is 12.3. The number of carbonyl (C=O) groups is 2. The Kier molecular flexibility index (Phi) is 3.05. The van der Waals surface area contributed by atoms with Gasteiger partial charge in [0.25, 0.3) is 5.91 Å². The van der Waals surface area contributed by atoms with E-state index in [0.717, 1.165) is 18.6 Å². The van der Waals surface area contributed by atoms with E-state index in [2.05, 4.69) is 0 Å². The third kappa shape index (κ3) is 2.50. The van der Waals surface area contributed by atoms with Crippen molar-refractivity contribution >= 4 is 11.8 Å². The average molecular weight is 262 g/mol. The van der Waals surface area contributed by atoms with Crippen molar-refractivity contribution in [1.82, 2.24) is 9.80 Å². The van der Waals surface area contributed by atoms with Crippen molar-refractivity contribution in [3.8, 4) is 0 Å². The smallest absolute Gasteiger partial charge is 0.289 e. The van der Waals surface area contributed by atoms with E-state index in [-0.39, 0.29) is 17.7 Å². The molecule has 0 N–H and O–H groups in total. The van der Waals surface area contributed by atoms with Crippen LogP contribution in [0.4, 0.5) is 0 Å². The van der Waals surface area contributed by atoms with Gasteiger partial charge in [0.2, 0.25) is 5.91 Å². The molecule has 0 bridgehead atoms. The Morgan fingerprint density at radius 3 is 2.26 bits per heavy atom. The molecular formula is C14H18N2O3. The maximum atomic E-state index is 12.2. The summed E-state index contributed by atoms with van der Waals surface area (Å²) < 4.78 is 5.35. The lowest BCUT2D eigenvalue weighted by Gasteiger charge is -2.34. The molecule has 1 saturated heterocycles. The van der Waals surface area contributed by atoms with Crippen LogP contribution in [0.15, 0.2) is 16.5 Å². The third-order valence-corrected chi connectivity index (χ3v) is 3.76. The predicted molar refractivity (Wildman–Crippen MR) is 68.7 cm³/mol. The number of hydrogen-bond donors (Lipinski definition) is 0. The van der Waals surface area contributed by atoms with Crippen LogP contribution in [0.2, 0.25) is 0 Å². The molecule has 2 heterocycles. The van der Waals surface area contributed by atoms with E-state index in [1.54, 1.807) is 17.0 Å². The van der Waals surface area contributed by atoms with Gasteiger partial charge in [-0.2, -0.15) is 0 Å². The van der Waals surface area contributed by atoms with E-state index < -0.39 is 0 Å². The van der Waals surface area contributed by atoms with Crippen molar-refractivity contribution in [2.45, 2.75) is 19.8 Å². The van der Waals surface area contributed by atoms with Crippen LogP contribution < -0.4 is 0 Å². The molecule has 1 aromatic heterocycles. The first-order valence-corrected chi connectivity index (χ1v) is 6.79. The Morgan fingerprint density at radius 1 is 1.11 bits per heavy atom. The van der Waals surface area contributed by atoms with E-state index in [1.807, 2.05) is 11.8 Å². The molecule has 19 heavy (non-hydrogen) atoms. The van der Waals surface area contributed by atoms with Gasteiger partial charge in [0, 0.05) is 32.1 Å². The summed E-state index contributed by atoms with van der Waals surface area (Å²) in [5, 5.41) is 0. The van der Waals surface area contributed by atoms with Crippen LogP contribution in [-0.2, 0) is 4.79 Å². The normalized spacial score (nSPS) is 19.6. The Bertz CT molecular complexity index is 497. The standard InChI is InChI=1S/C14H18N2O3/c1-10-2-5-12(19-10)14(18)16-8-6-15(7-9-16)13(17)11-3-4-11/h2,5,11H,3-4,6-9H2,1H3. The topological polar surface area (TPSA) is 53.8 Å². The number of carbonyl (C=O) groups excluding carboxylic acids is 2. The summed E-state index contributed by atoms with van der Waals surface area (Å²) >= 11 is 0. The molecule has 2 fully saturated rings. The van der Waals surface area contributed by atoms with Crippen LogP contribution in [0.1, 0.15) is 29.2 Å². The van der Waals surface area contributed by atoms with Crippen LogP contribution in [-0.4, -0.2) is 47.8 Å². The Labute approximate surface area is 112 Å². The van der Waals surface area contributed by atoms with Gasteiger partial charge >= 0.3 is 0 Å². The van der Waals surface area contributed by atoms with Crippen LogP contribution in [0.25, 0.3) is 0 Å². The highest BCUT2D eigenvalue weighted by Crippen LogP contribution is 2.31. The molecule has 0 aromatic carbocycles. The van der Waals surface area contributed by atoms with E-state index in [4.69, 9.17) is 4.42 Å². The Balaban J connectivity index is 1.57. The second kappa shape index (κ2) is 4.72. The van der Waals surface area contributed by atoms with Gasteiger partial charge in [-0.1, -0.05) is 0 Å². The quantitative estimate of drug-likeness (QED) is 0.807. The van der Waals surface area contributed by atoms with E-state index in [9.17, 15) is 9.59 Å². The number of piperazine rings is 1. The first-order chi connectivity index (χ1) is 9.15. The molecule has 1 aliphatic carbocycles. The summed E-state index contributed by atoms with van der Waals surface area (Å²) in [5.74, 6) is 1.58. The molecule has 5 heteroatoms. The zero-order chi connectivity index (χ0) is 13.4. The van der Waals surface area contributed by atoms with Crippen LogP contribution >= 0.6 is 0 Å². The predicted octanol–water partition coefficient (Wildman–Crippen LogP) is 1.28. The monoisotopic (exact) mass is 262 g/mol. The minimum Gasteiger partial charge on any atom is -0.456 e. The van der Waals surface area contributed by atoms with E-state index >= 15 is 0 Å². The lowest BCUT2D eigenvalue weighted by molar-refractivity contribution is -0.134. The summed E-state index contributed by atoms with van der Waals surface area (Å²) in [5.41, 5.74) is 0. The molecule has 1 aliphatic heterocycles. The van der Waals surface area contributed by atoms with Crippen molar-refractivity contribution in [1.29, 1.82) is 0 Å². The Morgan fingerprint density at radius 2 is 1.74 bits per heavy atom. The van der Waals surface area contributed by atoms with Crippen molar-refractivity contribution in [3.05, 3.63) is 23.7 Å². The molecular weight excluding hydrogens is 244 g/mol. The summed E-state index contributed by atoms with van der Waals surface area (Å²) in [6.07, 6.45) is 2.06. The highest BCUT2D eigenvalue weighted by atomic mass is 16.3. The summed E-state index contributed by atoms with van der Waals surface area (Å²) in [7, 11) is 0.